The Hall–Kier alpha value is -2.01. The molecule has 0 aliphatic heterocycles. The second-order valence-electron chi connectivity index (χ2n) is 5.23. The average Bonchev–Trinajstić information content (AvgIpc) is 2.54. The lowest BCUT2D eigenvalue weighted by molar-refractivity contribution is 0.625. The molecule has 3 N–H and O–H groups in total. The number of nitrogens with zero attached hydrogens (tertiary/aromatic N) is 1. The predicted octanol–water partition coefficient (Wildman–Crippen LogP) is 4.18. The van der Waals surface area contributed by atoms with Crippen LogP contribution >= 0.6 is 11.8 Å². The first-order valence-electron chi connectivity index (χ1n) is 7.54. The number of hydrogen-bond donors (Lipinski definition) is 2. The van der Waals surface area contributed by atoms with E-state index >= 15 is 0 Å². The van der Waals surface area contributed by atoms with E-state index in [1.165, 1.54) is 11.6 Å². The number of nitrogens with two attached hydrogens (primary N) is 1. The van der Waals surface area contributed by atoms with E-state index in [1.807, 2.05) is 18.4 Å². The molecule has 0 saturated carbocycles. The number of halogens is 1. The second kappa shape index (κ2) is 8.58. The number of hydrogen-bond acceptors (Lipinski definition) is 2. The van der Waals surface area contributed by atoms with Crippen molar-refractivity contribution in [2.24, 2.45) is 10.7 Å². The maximum Gasteiger partial charge on any atom is 0.193 e. The molecule has 5 heteroatoms. The lowest BCUT2D eigenvalue weighted by Gasteiger charge is -2.09. The molecule has 0 atom stereocenters. The van der Waals surface area contributed by atoms with E-state index in [1.54, 1.807) is 23.9 Å². The molecule has 0 bridgehead atoms. The minimum atomic E-state index is -0.218. The van der Waals surface area contributed by atoms with Gasteiger partial charge in [-0.3, -0.25) is 0 Å². The minimum Gasteiger partial charge on any atom is -0.370 e. The lowest BCUT2D eigenvalue weighted by atomic mass is 10.1. The highest BCUT2D eigenvalue weighted by Gasteiger charge is 2.04. The van der Waals surface area contributed by atoms with Gasteiger partial charge in [0, 0.05) is 11.4 Å². The van der Waals surface area contributed by atoms with Gasteiger partial charge < -0.3 is 11.1 Å². The highest BCUT2D eigenvalue weighted by atomic mass is 32.2. The van der Waals surface area contributed by atoms with E-state index in [0.717, 1.165) is 29.0 Å². The van der Waals surface area contributed by atoms with Gasteiger partial charge in [0.2, 0.25) is 0 Å². The third kappa shape index (κ3) is 5.28. The fraction of sp³-hybridized carbons (Fsp3) is 0.278. The Bertz CT molecular complexity index is 686. The zero-order valence-corrected chi connectivity index (χ0v) is 14.3. The second-order valence-corrected chi connectivity index (χ2v) is 6.09. The number of guanidine groups is 1. The fourth-order valence-electron chi connectivity index (χ4n) is 2.27. The van der Waals surface area contributed by atoms with E-state index in [-0.39, 0.29) is 5.82 Å². The number of rotatable bonds is 6. The highest BCUT2D eigenvalue weighted by Crippen LogP contribution is 2.18. The van der Waals surface area contributed by atoms with E-state index in [0.29, 0.717) is 12.5 Å². The summed E-state index contributed by atoms with van der Waals surface area (Å²) in [5.74, 6) is 0.899. The maximum atomic E-state index is 13.3. The van der Waals surface area contributed by atoms with Gasteiger partial charge in [0.1, 0.15) is 5.82 Å². The summed E-state index contributed by atoms with van der Waals surface area (Å²) < 4.78 is 13.3. The van der Waals surface area contributed by atoms with Crippen LogP contribution in [-0.2, 0) is 18.7 Å². The van der Waals surface area contributed by atoms with Gasteiger partial charge in [-0.2, -0.15) is 11.8 Å². The molecule has 3 nitrogen and oxygen atoms in total. The van der Waals surface area contributed by atoms with Crippen molar-refractivity contribution >= 4 is 23.4 Å². The molecule has 0 heterocycles. The molecule has 0 fully saturated rings. The van der Waals surface area contributed by atoms with Crippen molar-refractivity contribution in [3.8, 4) is 0 Å². The summed E-state index contributed by atoms with van der Waals surface area (Å²) in [5.41, 5.74) is 10.1. The van der Waals surface area contributed by atoms with Crippen LogP contribution in [0.15, 0.2) is 47.5 Å². The van der Waals surface area contributed by atoms with Gasteiger partial charge in [0.05, 0.1) is 6.54 Å². The molecule has 0 spiro atoms. The highest BCUT2D eigenvalue weighted by molar-refractivity contribution is 7.97. The Labute approximate surface area is 141 Å². The largest absolute Gasteiger partial charge is 0.370 e. The first kappa shape index (κ1) is 17.3. The van der Waals surface area contributed by atoms with E-state index < -0.39 is 0 Å². The van der Waals surface area contributed by atoms with Gasteiger partial charge in [-0.15, -0.1) is 0 Å². The van der Waals surface area contributed by atoms with Crippen LogP contribution in [0.3, 0.4) is 0 Å². The molecule has 0 saturated heterocycles. The molecule has 0 aliphatic carbocycles. The molecule has 2 aromatic carbocycles. The lowest BCUT2D eigenvalue weighted by Crippen LogP contribution is -2.22. The van der Waals surface area contributed by atoms with Crippen molar-refractivity contribution in [1.82, 2.24) is 0 Å². The van der Waals surface area contributed by atoms with Crippen molar-refractivity contribution in [3.05, 3.63) is 65.0 Å². The molecular weight excluding hydrogens is 309 g/mol. The minimum absolute atomic E-state index is 0.218. The molecule has 0 aromatic heterocycles. The third-order valence-corrected chi connectivity index (χ3v) is 4.10. The molecule has 2 rings (SSSR count). The molecule has 0 aliphatic rings. The van der Waals surface area contributed by atoms with Crippen LogP contribution in [0.25, 0.3) is 0 Å². The topological polar surface area (TPSA) is 50.4 Å². The molecule has 0 amide bonds. The Morgan fingerprint density at radius 3 is 2.78 bits per heavy atom. The Morgan fingerprint density at radius 2 is 2.04 bits per heavy atom. The summed E-state index contributed by atoms with van der Waals surface area (Å²) in [4.78, 5) is 4.37. The quantitative estimate of drug-likeness (QED) is 0.617. The van der Waals surface area contributed by atoms with Gasteiger partial charge in [-0.05, 0) is 53.6 Å². The first-order chi connectivity index (χ1) is 11.1. The van der Waals surface area contributed by atoms with Crippen LogP contribution < -0.4 is 11.1 Å². The van der Waals surface area contributed by atoms with Crippen LogP contribution in [0.4, 0.5) is 10.1 Å². The Kier molecular flexibility index (Phi) is 6.47. The smallest absolute Gasteiger partial charge is 0.193 e. The number of aliphatic imine (C=N–C) groups is 1. The predicted molar refractivity (Wildman–Crippen MR) is 98.4 cm³/mol. The van der Waals surface area contributed by atoms with Crippen LogP contribution in [0, 0.1) is 5.82 Å². The van der Waals surface area contributed by atoms with Crippen LogP contribution in [0.5, 0.6) is 0 Å². The number of anilines is 1. The summed E-state index contributed by atoms with van der Waals surface area (Å²) in [5, 5.41) is 3.10. The summed E-state index contributed by atoms with van der Waals surface area (Å²) in [6.07, 6.45) is 2.97. The van der Waals surface area contributed by atoms with Gasteiger partial charge in [-0.25, -0.2) is 9.38 Å². The van der Waals surface area contributed by atoms with Crippen molar-refractivity contribution in [2.45, 2.75) is 25.6 Å². The summed E-state index contributed by atoms with van der Waals surface area (Å²) in [7, 11) is 0. The molecular formula is C18H22FN3S. The standard InChI is InChI=1S/C18H22FN3S/c1-3-13-5-4-6-17(9-13)22-18(20)21-11-14-7-8-16(19)10-15(14)12-23-2/h4-10H,3,11-12H2,1-2H3,(H3,20,21,22). The van der Waals surface area contributed by atoms with Gasteiger partial charge in [-0.1, -0.05) is 25.1 Å². The monoisotopic (exact) mass is 331 g/mol. The average molecular weight is 331 g/mol. The summed E-state index contributed by atoms with van der Waals surface area (Å²) in [6.45, 7) is 2.54. The van der Waals surface area contributed by atoms with Crippen LogP contribution in [0.2, 0.25) is 0 Å². The van der Waals surface area contributed by atoms with Crippen LogP contribution in [-0.4, -0.2) is 12.2 Å². The van der Waals surface area contributed by atoms with E-state index in [9.17, 15) is 4.39 Å². The Balaban J connectivity index is 2.07. The zero-order chi connectivity index (χ0) is 16.7. The van der Waals surface area contributed by atoms with Gasteiger partial charge >= 0.3 is 0 Å². The SMILES string of the molecule is CCc1cccc(NC(N)=NCc2ccc(F)cc2CSC)c1. The zero-order valence-electron chi connectivity index (χ0n) is 13.5. The Morgan fingerprint density at radius 1 is 1.22 bits per heavy atom. The normalized spacial score (nSPS) is 11.5. The molecule has 2 aromatic rings. The number of benzene rings is 2. The van der Waals surface area contributed by atoms with E-state index in [4.69, 9.17) is 5.73 Å². The van der Waals surface area contributed by atoms with E-state index in [2.05, 4.69) is 29.4 Å². The number of thioether (sulfide) groups is 1. The van der Waals surface area contributed by atoms with Gasteiger partial charge in [0.15, 0.2) is 5.96 Å². The number of nitrogens with one attached hydrogen (secondary N) is 1. The fourth-order valence-corrected chi connectivity index (χ4v) is 2.85. The molecule has 0 radical (unpaired) electrons. The maximum absolute atomic E-state index is 13.3. The van der Waals surface area contributed by atoms with Gasteiger partial charge in [0.25, 0.3) is 0 Å². The molecule has 23 heavy (non-hydrogen) atoms. The van der Waals surface area contributed by atoms with Crippen molar-refractivity contribution in [1.29, 1.82) is 0 Å². The van der Waals surface area contributed by atoms with Crippen molar-refractivity contribution in [2.75, 3.05) is 11.6 Å². The molecule has 0 unspecified atom stereocenters. The number of aryl methyl sites for hydroxylation is 1. The van der Waals surface area contributed by atoms with Crippen molar-refractivity contribution in [3.63, 3.8) is 0 Å². The third-order valence-electron chi connectivity index (χ3n) is 3.50. The van der Waals surface area contributed by atoms with Crippen LogP contribution in [0.1, 0.15) is 23.6 Å². The van der Waals surface area contributed by atoms with Crippen molar-refractivity contribution < 1.29 is 4.39 Å². The first-order valence-corrected chi connectivity index (χ1v) is 8.94. The summed E-state index contributed by atoms with van der Waals surface area (Å²) in [6, 6.07) is 12.9. The summed E-state index contributed by atoms with van der Waals surface area (Å²) >= 11 is 1.66. The molecule has 122 valence electrons.